The van der Waals surface area contributed by atoms with Crippen LogP contribution in [0.5, 0.6) is 0 Å². The van der Waals surface area contributed by atoms with E-state index in [9.17, 15) is 4.79 Å². The number of carbonyl (C=O) groups is 1. The summed E-state index contributed by atoms with van der Waals surface area (Å²) in [5.41, 5.74) is 1.03. The summed E-state index contributed by atoms with van der Waals surface area (Å²) in [5.74, 6) is -0.152. The molecule has 5 nitrogen and oxygen atoms in total. The highest BCUT2D eigenvalue weighted by atomic mass is 16.5. The Kier molecular flexibility index (Phi) is 2.56. The van der Waals surface area contributed by atoms with Gasteiger partial charge in [0.1, 0.15) is 0 Å². The first kappa shape index (κ1) is 11.2. The highest BCUT2D eigenvalue weighted by Crippen LogP contribution is 2.20. The Morgan fingerprint density at radius 1 is 1.50 bits per heavy atom. The van der Waals surface area contributed by atoms with E-state index in [1.165, 1.54) is 0 Å². The molecule has 2 heterocycles. The summed E-state index contributed by atoms with van der Waals surface area (Å²) >= 11 is 0. The summed E-state index contributed by atoms with van der Waals surface area (Å²) in [6.07, 6.45) is 0.834. The lowest BCUT2D eigenvalue weighted by atomic mass is 10.0. The van der Waals surface area contributed by atoms with Crippen LogP contribution in [0.4, 0.5) is 0 Å². The Morgan fingerprint density at radius 3 is 3.11 bits per heavy atom. The second kappa shape index (κ2) is 4.10. The number of carbonyl (C=O) groups excluding carboxylic acids is 1. The van der Waals surface area contributed by atoms with E-state index in [0.29, 0.717) is 18.9 Å². The van der Waals surface area contributed by atoms with E-state index in [1.807, 2.05) is 31.2 Å². The maximum Gasteiger partial charge on any atom is 0.272 e. The van der Waals surface area contributed by atoms with E-state index in [4.69, 9.17) is 4.74 Å². The van der Waals surface area contributed by atoms with Gasteiger partial charge >= 0.3 is 0 Å². The molecule has 0 bridgehead atoms. The standard InChI is InChI=1S/C13H15N3O2/c1-13(6-7-18-8-13)14-12(17)11-9-4-2-3-5-10(9)15-16-11/h2-5H,6-8H2,1H3,(H,14,17)(H,15,16). The van der Waals surface area contributed by atoms with Gasteiger partial charge in [0.25, 0.3) is 5.91 Å². The minimum Gasteiger partial charge on any atom is -0.379 e. The number of hydrogen-bond acceptors (Lipinski definition) is 3. The average molecular weight is 245 g/mol. The Balaban J connectivity index is 1.88. The van der Waals surface area contributed by atoms with Gasteiger partial charge in [-0.1, -0.05) is 18.2 Å². The van der Waals surface area contributed by atoms with Crippen LogP contribution >= 0.6 is 0 Å². The zero-order valence-corrected chi connectivity index (χ0v) is 10.2. The Labute approximate surface area is 105 Å². The van der Waals surface area contributed by atoms with E-state index < -0.39 is 0 Å². The maximum atomic E-state index is 12.2. The summed E-state index contributed by atoms with van der Waals surface area (Å²) in [5, 5.41) is 10.8. The van der Waals surface area contributed by atoms with Crippen molar-refractivity contribution in [2.75, 3.05) is 13.2 Å². The van der Waals surface area contributed by atoms with Crippen molar-refractivity contribution in [3.05, 3.63) is 30.0 Å². The number of hydrogen-bond donors (Lipinski definition) is 2. The molecule has 5 heteroatoms. The number of rotatable bonds is 2. The molecule has 0 spiro atoms. The first-order valence-corrected chi connectivity index (χ1v) is 6.01. The molecule has 1 amide bonds. The van der Waals surface area contributed by atoms with Gasteiger partial charge in [-0.05, 0) is 19.4 Å². The van der Waals surface area contributed by atoms with Crippen LogP contribution in [0.25, 0.3) is 10.9 Å². The molecule has 3 rings (SSSR count). The number of aromatic nitrogens is 2. The molecule has 0 radical (unpaired) electrons. The topological polar surface area (TPSA) is 67.0 Å². The molecule has 0 saturated carbocycles. The normalized spacial score (nSPS) is 23.4. The fraction of sp³-hybridized carbons (Fsp3) is 0.385. The third kappa shape index (κ3) is 1.86. The lowest BCUT2D eigenvalue weighted by Crippen LogP contribution is -2.46. The average Bonchev–Trinajstić information content (AvgIpc) is 2.95. The second-order valence-corrected chi connectivity index (χ2v) is 4.94. The van der Waals surface area contributed by atoms with Crippen molar-refractivity contribution in [1.29, 1.82) is 0 Å². The predicted octanol–water partition coefficient (Wildman–Crippen LogP) is 1.47. The highest BCUT2D eigenvalue weighted by molar-refractivity contribution is 6.04. The van der Waals surface area contributed by atoms with Crippen LogP contribution in [-0.4, -0.2) is 34.9 Å². The fourth-order valence-corrected chi connectivity index (χ4v) is 2.24. The predicted molar refractivity (Wildman–Crippen MR) is 67.4 cm³/mol. The molecule has 1 fully saturated rings. The van der Waals surface area contributed by atoms with Crippen molar-refractivity contribution in [2.45, 2.75) is 18.9 Å². The van der Waals surface area contributed by atoms with Crippen molar-refractivity contribution < 1.29 is 9.53 Å². The number of para-hydroxylation sites is 1. The summed E-state index contributed by atoms with van der Waals surface area (Å²) in [7, 11) is 0. The number of fused-ring (bicyclic) bond motifs is 1. The van der Waals surface area contributed by atoms with Crippen LogP contribution in [0.3, 0.4) is 0 Å². The van der Waals surface area contributed by atoms with Crippen molar-refractivity contribution in [1.82, 2.24) is 15.5 Å². The molecule has 1 aliphatic heterocycles. The Morgan fingerprint density at radius 2 is 2.33 bits per heavy atom. The molecule has 2 N–H and O–H groups in total. The van der Waals surface area contributed by atoms with Gasteiger partial charge in [0.2, 0.25) is 0 Å². The zero-order valence-electron chi connectivity index (χ0n) is 10.2. The van der Waals surface area contributed by atoms with Crippen LogP contribution in [0.2, 0.25) is 0 Å². The smallest absolute Gasteiger partial charge is 0.272 e. The molecule has 1 saturated heterocycles. The van der Waals surface area contributed by atoms with E-state index in [-0.39, 0.29) is 11.4 Å². The molecule has 1 atom stereocenters. The summed E-state index contributed by atoms with van der Waals surface area (Å²) in [6, 6.07) is 7.60. The van der Waals surface area contributed by atoms with Gasteiger partial charge in [-0.15, -0.1) is 0 Å². The third-order valence-corrected chi connectivity index (χ3v) is 3.32. The van der Waals surface area contributed by atoms with E-state index in [0.717, 1.165) is 17.3 Å². The van der Waals surface area contributed by atoms with Crippen LogP contribution in [0.1, 0.15) is 23.8 Å². The lowest BCUT2D eigenvalue weighted by molar-refractivity contribution is 0.0886. The Hall–Kier alpha value is -1.88. The first-order chi connectivity index (χ1) is 8.68. The van der Waals surface area contributed by atoms with Crippen molar-refractivity contribution in [2.24, 2.45) is 0 Å². The minimum absolute atomic E-state index is 0.152. The maximum absolute atomic E-state index is 12.2. The van der Waals surface area contributed by atoms with Crippen LogP contribution in [-0.2, 0) is 4.74 Å². The van der Waals surface area contributed by atoms with Gasteiger partial charge < -0.3 is 10.1 Å². The molecule has 1 aromatic carbocycles. The number of nitrogens with zero attached hydrogens (tertiary/aromatic N) is 1. The zero-order chi connectivity index (χ0) is 12.6. The van der Waals surface area contributed by atoms with E-state index >= 15 is 0 Å². The number of ether oxygens (including phenoxy) is 1. The number of nitrogens with one attached hydrogen (secondary N) is 2. The first-order valence-electron chi connectivity index (χ1n) is 6.01. The SMILES string of the molecule is CC1(NC(=O)c2n[nH]c3ccccc23)CCOC1. The number of H-pyrrole nitrogens is 1. The lowest BCUT2D eigenvalue weighted by Gasteiger charge is -2.22. The molecule has 94 valence electrons. The third-order valence-electron chi connectivity index (χ3n) is 3.32. The largest absolute Gasteiger partial charge is 0.379 e. The number of aromatic amines is 1. The molecule has 1 aliphatic rings. The molecular weight excluding hydrogens is 230 g/mol. The van der Waals surface area contributed by atoms with Crippen molar-refractivity contribution in [3.63, 3.8) is 0 Å². The van der Waals surface area contributed by atoms with Gasteiger partial charge in [-0.2, -0.15) is 5.10 Å². The van der Waals surface area contributed by atoms with Crippen LogP contribution in [0, 0.1) is 0 Å². The van der Waals surface area contributed by atoms with Crippen molar-refractivity contribution in [3.8, 4) is 0 Å². The molecule has 1 aromatic heterocycles. The molecule has 0 aliphatic carbocycles. The second-order valence-electron chi connectivity index (χ2n) is 4.94. The van der Waals surface area contributed by atoms with Gasteiger partial charge in [0.05, 0.1) is 17.7 Å². The fourth-order valence-electron chi connectivity index (χ4n) is 2.24. The summed E-state index contributed by atoms with van der Waals surface area (Å²) in [6.45, 7) is 3.24. The number of amides is 1. The molecule has 2 aromatic rings. The molecule has 18 heavy (non-hydrogen) atoms. The van der Waals surface area contributed by atoms with Gasteiger partial charge in [0, 0.05) is 12.0 Å². The molecular formula is C13H15N3O2. The molecule has 1 unspecified atom stereocenters. The highest BCUT2D eigenvalue weighted by Gasteiger charge is 2.32. The van der Waals surface area contributed by atoms with Gasteiger partial charge in [-0.3, -0.25) is 9.89 Å². The van der Waals surface area contributed by atoms with E-state index in [1.54, 1.807) is 0 Å². The minimum atomic E-state index is -0.281. The van der Waals surface area contributed by atoms with Gasteiger partial charge in [-0.25, -0.2) is 0 Å². The Bertz CT molecular complexity index is 585. The quantitative estimate of drug-likeness (QED) is 0.842. The monoisotopic (exact) mass is 245 g/mol. The van der Waals surface area contributed by atoms with Crippen LogP contribution < -0.4 is 5.32 Å². The number of benzene rings is 1. The van der Waals surface area contributed by atoms with E-state index in [2.05, 4.69) is 15.5 Å². The van der Waals surface area contributed by atoms with Crippen LogP contribution in [0.15, 0.2) is 24.3 Å². The summed E-state index contributed by atoms with van der Waals surface area (Å²) in [4.78, 5) is 12.2. The summed E-state index contributed by atoms with van der Waals surface area (Å²) < 4.78 is 5.32. The van der Waals surface area contributed by atoms with Gasteiger partial charge in [0.15, 0.2) is 5.69 Å². The van der Waals surface area contributed by atoms with Crippen molar-refractivity contribution >= 4 is 16.8 Å².